The Kier molecular flexibility index (Phi) is 8.33. The minimum Gasteiger partial charge on any atom is -0.356 e. The minimum absolute atomic E-state index is 0.602. The summed E-state index contributed by atoms with van der Waals surface area (Å²) in [4.78, 5) is 9.56. The van der Waals surface area contributed by atoms with Crippen LogP contribution in [0.2, 0.25) is 0 Å². The highest BCUT2D eigenvalue weighted by Crippen LogP contribution is 2.23. The zero-order chi connectivity index (χ0) is 17.4. The molecule has 0 radical (unpaired) electrons. The van der Waals surface area contributed by atoms with Gasteiger partial charge in [-0.25, -0.2) is 0 Å². The Balaban J connectivity index is 1.63. The van der Waals surface area contributed by atoms with Gasteiger partial charge in [0, 0.05) is 52.4 Å². The summed E-state index contributed by atoms with van der Waals surface area (Å²) in [6, 6.07) is 0.602. The van der Waals surface area contributed by atoms with E-state index in [0.717, 1.165) is 18.4 Å². The van der Waals surface area contributed by atoms with Crippen molar-refractivity contribution in [3.05, 3.63) is 0 Å². The van der Waals surface area contributed by atoms with E-state index in [1.54, 1.807) is 0 Å². The molecule has 0 bridgehead atoms. The summed E-state index contributed by atoms with van der Waals surface area (Å²) in [6.45, 7) is 15.2. The molecule has 140 valence electrons. The van der Waals surface area contributed by atoms with Crippen LogP contribution in [0.5, 0.6) is 0 Å². The number of hydrogen-bond donors (Lipinski definition) is 2. The highest BCUT2D eigenvalue weighted by atomic mass is 15.3. The normalized spacial score (nSPS) is 28.6. The predicted molar refractivity (Wildman–Crippen MR) is 104 cm³/mol. The van der Waals surface area contributed by atoms with Crippen LogP contribution in [0.25, 0.3) is 0 Å². The maximum absolute atomic E-state index is 4.42. The van der Waals surface area contributed by atoms with E-state index >= 15 is 0 Å². The molecule has 0 aromatic rings. The van der Waals surface area contributed by atoms with Crippen LogP contribution in [0.15, 0.2) is 4.99 Å². The summed E-state index contributed by atoms with van der Waals surface area (Å²) in [5, 5.41) is 7.16. The molecule has 1 aliphatic carbocycles. The van der Waals surface area contributed by atoms with E-state index in [0.29, 0.717) is 12.0 Å². The Morgan fingerprint density at radius 2 is 1.71 bits per heavy atom. The van der Waals surface area contributed by atoms with Gasteiger partial charge in [0.15, 0.2) is 5.96 Å². The van der Waals surface area contributed by atoms with Crippen molar-refractivity contribution in [3.8, 4) is 0 Å². The smallest absolute Gasteiger partial charge is 0.191 e. The second kappa shape index (κ2) is 10.2. The zero-order valence-electron chi connectivity index (χ0n) is 16.4. The fourth-order valence-electron chi connectivity index (χ4n) is 3.86. The first-order chi connectivity index (χ1) is 11.6. The lowest BCUT2D eigenvalue weighted by molar-refractivity contribution is 0.124. The van der Waals surface area contributed by atoms with Gasteiger partial charge in [0.2, 0.25) is 0 Å². The summed E-state index contributed by atoms with van der Waals surface area (Å²) in [7, 11) is 1.88. The van der Waals surface area contributed by atoms with Gasteiger partial charge >= 0.3 is 0 Å². The average molecular weight is 338 g/mol. The molecule has 5 nitrogen and oxygen atoms in total. The number of likely N-dealkylation sites (N-methyl/N-ethyl adjacent to an activating group) is 1. The monoisotopic (exact) mass is 337 g/mol. The van der Waals surface area contributed by atoms with Gasteiger partial charge in [0.05, 0.1) is 0 Å². The van der Waals surface area contributed by atoms with Crippen molar-refractivity contribution in [2.24, 2.45) is 16.8 Å². The summed E-state index contributed by atoms with van der Waals surface area (Å²) in [5.74, 6) is 2.52. The van der Waals surface area contributed by atoms with Crippen LogP contribution in [-0.2, 0) is 0 Å². The molecule has 1 unspecified atom stereocenters. The van der Waals surface area contributed by atoms with Gasteiger partial charge in [-0.3, -0.25) is 4.99 Å². The number of nitrogens with zero attached hydrogens (tertiary/aromatic N) is 3. The van der Waals surface area contributed by atoms with Crippen molar-refractivity contribution in [2.45, 2.75) is 52.5 Å². The van der Waals surface area contributed by atoms with Crippen molar-refractivity contribution in [2.75, 3.05) is 52.9 Å². The lowest BCUT2D eigenvalue weighted by Crippen LogP contribution is -2.49. The molecule has 5 heteroatoms. The average Bonchev–Trinajstić information content (AvgIpc) is 2.61. The maximum atomic E-state index is 4.42. The van der Waals surface area contributed by atoms with Crippen LogP contribution in [0.3, 0.4) is 0 Å². The first-order valence-corrected chi connectivity index (χ1v) is 10.0. The van der Waals surface area contributed by atoms with E-state index in [-0.39, 0.29) is 0 Å². The number of rotatable bonds is 6. The van der Waals surface area contributed by atoms with Crippen molar-refractivity contribution >= 4 is 5.96 Å². The summed E-state index contributed by atoms with van der Waals surface area (Å²) < 4.78 is 0. The summed E-state index contributed by atoms with van der Waals surface area (Å²) in [5.41, 5.74) is 0. The molecule has 2 rings (SSSR count). The molecular weight excluding hydrogens is 298 g/mol. The topological polar surface area (TPSA) is 42.9 Å². The van der Waals surface area contributed by atoms with Crippen LogP contribution < -0.4 is 10.6 Å². The van der Waals surface area contributed by atoms with Crippen LogP contribution in [-0.4, -0.2) is 74.7 Å². The van der Waals surface area contributed by atoms with E-state index in [1.807, 2.05) is 7.05 Å². The number of hydrogen-bond acceptors (Lipinski definition) is 3. The molecule has 1 saturated heterocycles. The van der Waals surface area contributed by atoms with E-state index < -0.39 is 0 Å². The van der Waals surface area contributed by atoms with Crippen molar-refractivity contribution < 1.29 is 0 Å². The summed E-state index contributed by atoms with van der Waals surface area (Å²) in [6.07, 6.45) is 5.24. The van der Waals surface area contributed by atoms with Gasteiger partial charge in [0.1, 0.15) is 0 Å². The number of piperazine rings is 1. The molecule has 1 aliphatic heterocycles. The van der Waals surface area contributed by atoms with Crippen LogP contribution >= 0.6 is 0 Å². The molecule has 0 spiro atoms. The lowest BCUT2D eigenvalue weighted by Gasteiger charge is -2.35. The molecule has 0 amide bonds. The minimum atomic E-state index is 0.602. The molecule has 24 heavy (non-hydrogen) atoms. The molecule has 0 aromatic carbocycles. The second-order valence-corrected chi connectivity index (χ2v) is 7.89. The standard InChI is InChI=1S/C19H39N5/c1-5-23-10-12-24(13-11-23)15-17(3)14-21-19(20-4)22-18-8-6-16(2)7-9-18/h16-18H,5-15H2,1-4H3,(H2,20,21,22). The Labute approximate surface area is 149 Å². The third kappa shape index (κ3) is 6.60. The molecule has 2 fully saturated rings. The third-order valence-electron chi connectivity index (χ3n) is 5.68. The molecule has 1 heterocycles. The number of aliphatic imine (C=N–C) groups is 1. The van der Waals surface area contributed by atoms with Crippen molar-refractivity contribution in [1.29, 1.82) is 0 Å². The van der Waals surface area contributed by atoms with Crippen LogP contribution in [0.1, 0.15) is 46.5 Å². The fraction of sp³-hybridized carbons (Fsp3) is 0.947. The fourth-order valence-corrected chi connectivity index (χ4v) is 3.86. The van der Waals surface area contributed by atoms with E-state index in [1.165, 1.54) is 65.0 Å². The number of nitrogens with one attached hydrogen (secondary N) is 2. The molecule has 2 aliphatic rings. The predicted octanol–water partition coefficient (Wildman–Crippen LogP) is 2.00. The SMILES string of the molecule is CCN1CCN(CC(C)CNC(=NC)NC2CCC(C)CC2)CC1. The van der Waals surface area contributed by atoms with Gasteiger partial charge in [-0.05, 0) is 44.1 Å². The molecule has 0 aromatic heterocycles. The van der Waals surface area contributed by atoms with Crippen molar-refractivity contribution in [3.63, 3.8) is 0 Å². The van der Waals surface area contributed by atoms with E-state index in [2.05, 4.69) is 46.2 Å². The summed E-state index contributed by atoms with van der Waals surface area (Å²) >= 11 is 0. The Hall–Kier alpha value is -0.810. The highest BCUT2D eigenvalue weighted by molar-refractivity contribution is 5.79. The van der Waals surface area contributed by atoms with E-state index in [4.69, 9.17) is 0 Å². The van der Waals surface area contributed by atoms with Gasteiger partial charge in [-0.15, -0.1) is 0 Å². The first-order valence-electron chi connectivity index (χ1n) is 10.0. The van der Waals surface area contributed by atoms with Gasteiger partial charge in [-0.2, -0.15) is 0 Å². The molecule has 1 atom stereocenters. The van der Waals surface area contributed by atoms with Crippen molar-refractivity contribution in [1.82, 2.24) is 20.4 Å². The van der Waals surface area contributed by atoms with Crippen LogP contribution in [0, 0.1) is 11.8 Å². The first kappa shape index (κ1) is 19.5. The quantitative estimate of drug-likeness (QED) is 0.575. The Morgan fingerprint density at radius 3 is 2.29 bits per heavy atom. The Morgan fingerprint density at radius 1 is 1.08 bits per heavy atom. The van der Waals surface area contributed by atoms with Gasteiger partial charge < -0.3 is 20.4 Å². The maximum Gasteiger partial charge on any atom is 0.191 e. The third-order valence-corrected chi connectivity index (χ3v) is 5.68. The lowest BCUT2D eigenvalue weighted by atomic mass is 9.87. The van der Waals surface area contributed by atoms with Gasteiger partial charge in [0.25, 0.3) is 0 Å². The second-order valence-electron chi connectivity index (χ2n) is 7.89. The van der Waals surface area contributed by atoms with E-state index in [9.17, 15) is 0 Å². The highest BCUT2D eigenvalue weighted by Gasteiger charge is 2.20. The van der Waals surface area contributed by atoms with Crippen LogP contribution in [0.4, 0.5) is 0 Å². The number of guanidine groups is 1. The largest absolute Gasteiger partial charge is 0.356 e. The molecular formula is C19H39N5. The van der Waals surface area contributed by atoms with Gasteiger partial charge in [-0.1, -0.05) is 20.8 Å². The molecule has 1 saturated carbocycles. The zero-order valence-corrected chi connectivity index (χ0v) is 16.4. The molecule has 2 N–H and O–H groups in total. The Bertz CT molecular complexity index is 368.